The molecule has 0 bridgehead atoms. The SMILES string of the molecule is COc1ccc2c(c1)nc(N)n2-c1c(C)cccc1F. The monoisotopic (exact) mass is 271 g/mol. The number of ether oxygens (including phenoxy) is 1. The van der Waals surface area contributed by atoms with Crippen LogP contribution < -0.4 is 10.5 Å². The number of nitrogens with zero attached hydrogens (tertiary/aromatic N) is 2. The van der Waals surface area contributed by atoms with Crippen molar-refractivity contribution in [2.45, 2.75) is 6.92 Å². The average molecular weight is 271 g/mol. The summed E-state index contributed by atoms with van der Waals surface area (Å²) in [6.07, 6.45) is 0. The fourth-order valence-corrected chi connectivity index (χ4v) is 2.35. The maximum Gasteiger partial charge on any atom is 0.206 e. The molecule has 3 rings (SSSR count). The van der Waals surface area contributed by atoms with Crippen molar-refractivity contribution in [2.75, 3.05) is 12.8 Å². The normalized spacial score (nSPS) is 10.9. The van der Waals surface area contributed by atoms with Gasteiger partial charge in [-0.1, -0.05) is 12.1 Å². The van der Waals surface area contributed by atoms with Gasteiger partial charge in [-0.3, -0.25) is 4.57 Å². The first-order valence-electron chi connectivity index (χ1n) is 6.19. The Morgan fingerprint density at radius 3 is 2.75 bits per heavy atom. The van der Waals surface area contributed by atoms with Crippen LogP contribution in [0.4, 0.5) is 10.3 Å². The molecule has 102 valence electrons. The second-order valence-corrected chi connectivity index (χ2v) is 4.57. The number of nitrogens with two attached hydrogens (primary N) is 1. The summed E-state index contributed by atoms with van der Waals surface area (Å²) in [6.45, 7) is 1.84. The van der Waals surface area contributed by atoms with E-state index in [2.05, 4.69) is 4.98 Å². The van der Waals surface area contributed by atoms with Gasteiger partial charge in [-0.15, -0.1) is 0 Å². The smallest absolute Gasteiger partial charge is 0.206 e. The molecule has 4 nitrogen and oxygen atoms in total. The zero-order valence-electron chi connectivity index (χ0n) is 11.2. The Morgan fingerprint density at radius 1 is 1.25 bits per heavy atom. The highest BCUT2D eigenvalue weighted by Crippen LogP contribution is 2.29. The first-order chi connectivity index (χ1) is 9.61. The lowest BCUT2D eigenvalue weighted by molar-refractivity contribution is 0.415. The Labute approximate surface area is 115 Å². The summed E-state index contributed by atoms with van der Waals surface area (Å²) in [4.78, 5) is 4.27. The van der Waals surface area contributed by atoms with Crippen molar-refractivity contribution in [1.29, 1.82) is 0 Å². The van der Waals surface area contributed by atoms with Crippen molar-refractivity contribution in [3.63, 3.8) is 0 Å². The van der Waals surface area contributed by atoms with E-state index in [1.165, 1.54) is 6.07 Å². The summed E-state index contributed by atoms with van der Waals surface area (Å²) in [6, 6.07) is 10.3. The van der Waals surface area contributed by atoms with Crippen molar-refractivity contribution in [2.24, 2.45) is 0 Å². The fraction of sp³-hybridized carbons (Fsp3) is 0.133. The molecule has 0 fully saturated rings. The maximum absolute atomic E-state index is 14.1. The lowest BCUT2D eigenvalue weighted by Gasteiger charge is -2.11. The number of nitrogen functional groups attached to an aromatic ring is 1. The highest BCUT2D eigenvalue weighted by molar-refractivity contribution is 5.82. The Hall–Kier alpha value is -2.56. The van der Waals surface area contributed by atoms with Gasteiger partial charge < -0.3 is 10.5 Å². The van der Waals surface area contributed by atoms with E-state index in [1.807, 2.05) is 19.1 Å². The van der Waals surface area contributed by atoms with E-state index in [1.54, 1.807) is 29.9 Å². The third-order valence-corrected chi connectivity index (χ3v) is 3.30. The number of hydrogen-bond acceptors (Lipinski definition) is 3. The number of aromatic nitrogens is 2. The number of anilines is 1. The van der Waals surface area contributed by atoms with E-state index in [9.17, 15) is 4.39 Å². The van der Waals surface area contributed by atoms with Crippen LogP contribution in [0.25, 0.3) is 16.7 Å². The maximum atomic E-state index is 14.1. The van der Waals surface area contributed by atoms with Gasteiger partial charge in [-0.05, 0) is 30.7 Å². The van der Waals surface area contributed by atoms with Gasteiger partial charge in [-0.25, -0.2) is 9.37 Å². The van der Waals surface area contributed by atoms with Gasteiger partial charge in [0.05, 0.1) is 23.8 Å². The van der Waals surface area contributed by atoms with Crippen LogP contribution in [0.5, 0.6) is 5.75 Å². The predicted octanol–water partition coefficient (Wildman–Crippen LogP) is 3.06. The molecule has 0 amide bonds. The first kappa shape index (κ1) is 12.5. The quantitative estimate of drug-likeness (QED) is 0.779. The number of methoxy groups -OCH3 is 1. The minimum Gasteiger partial charge on any atom is -0.497 e. The average Bonchev–Trinajstić information content (AvgIpc) is 2.74. The fourth-order valence-electron chi connectivity index (χ4n) is 2.35. The summed E-state index contributed by atoms with van der Waals surface area (Å²) >= 11 is 0. The molecule has 0 saturated heterocycles. The van der Waals surface area contributed by atoms with Gasteiger partial charge in [0, 0.05) is 6.07 Å². The predicted molar refractivity (Wildman–Crippen MR) is 76.7 cm³/mol. The Morgan fingerprint density at radius 2 is 2.05 bits per heavy atom. The second kappa shape index (κ2) is 4.52. The lowest BCUT2D eigenvalue weighted by Crippen LogP contribution is -2.04. The molecule has 0 radical (unpaired) electrons. The zero-order chi connectivity index (χ0) is 14.3. The molecular formula is C15H14FN3O. The van der Waals surface area contributed by atoms with Crippen LogP contribution in [0.1, 0.15) is 5.56 Å². The van der Waals surface area contributed by atoms with Gasteiger partial charge in [0.25, 0.3) is 0 Å². The minimum atomic E-state index is -0.327. The largest absolute Gasteiger partial charge is 0.497 e. The summed E-state index contributed by atoms with van der Waals surface area (Å²) in [5.41, 5.74) is 8.60. The molecule has 0 aliphatic heterocycles. The Bertz CT molecular complexity index is 775. The lowest BCUT2D eigenvalue weighted by atomic mass is 10.2. The van der Waals surface area contributed by atoms with Crippen molar-refractivity contribution >= 4 is 17.0 Å². The summed E-state index contributed by atoms with van der Waals surface area (Å²) in [5.74, 6) is 0.612. The van der Waals surface area contributed by atoms with Crippen LogP contribution in [0.2, 0.25) is 0 Å². The van der Waals surface area contributed by atoms with Crippen LogP contribution in [-0.4, -0.2) is 16.7 Å². The first-order valence-corrected chi connectivity index (χ1v) is 6.19. The van der Waals surface area contributed by atoms with Gasteiger partial charge in [0.1, 0.15) is 11.6 Å². The van der Waals surface area contributed by atoms with Gasteiger partial charge in [0.2, 0.25) is 5.95 Å². The molecule has 0 saturated carbocycles. The van der Waals surface area contributed by atoms with E-state index >= 15 is 0 Å². The molecule has 1 heterocycles. The summed E-state index contributed by atoms with van der Waals surface area (Å²) in [5, 5.41) is 0. The van der Waals surface area contributed by atoms with Crippen molar-refractivity contribution in [1.82, 2.24) is 9.55 Å². The zero-order valence-corrected chi connectivity index (χ0v) is 11.2. The molecule has 2 aromatic carbocycles. The summed E-state index contributed by atoms with van der Waals surface area (Å²) < 4.78 is 20.9. The molecule has 1 aromatic heterocycles. The van der Waals surface area contributed by atoms with Crippen molar-refractivity contribution in [3.8, 4) is 11.4 Å². The number of rotatable bonds is 2. The molecule has 0 spiro atoms. The molecule has 0 atom stereocenters. The number of hydrogen-bond donors (Lipinski definition) is 1. The van der Waals surface area contributed by atoms with E-state index in [4.69, 9.17) is 10.5 Å². The molecular weight excluding hydrogens is 257 g/mol. The van der Waals surface area contributed by atoms with E-state index in [-0.39, 0.29) is 11.8 Å². The Balaban J connectivity index is 2.34. The van der Waals surface area contributed by atoms with Crippen LogP contribution in [0.3, 0.4) is 0 Å². The topological polar surface area (TPSA) is 53.1 Å². The molecule has 0 aliphatic carbocycles. The van der Waals surface area contributed by atoms with Crippen LogP contribution >= 0.6 is 0 Å². The molecule has 2 N–H and O–H groups in total. The number of aryl methyl sites for hydroxylation is 1. The highest BCUT2D eigenvalue weighted by Gasteiger charge is 2.15. The second-order valence-electron chi connectivity index (χ2n) is 4.57. The molecule has 0 unspecified atom stereocenters. The Kier molecular flexibility index (Phi) is 2.82. The third-order valence-electron chi connectivity index (χ3n) is 3.30. The number of imidazole rings is 1. The van der Waals surface area contributed by atoms with Crippen molar-refractivity contribution in [3.05, 3.63) is 47.8 Å². The van der Waals surface area contributed by atoms with E-state index in [0.717, 1.165) is 11.1 Å². The van der Waals surface area contributed by atoms with Gasteiger partial charge in [-0.2, -0.15) is 0 Å². The summed E-state index contributed by atoms with van der Waals surface area (Å²) in [7, 11) is 1.59. The van der Waals surface area contributed by atoms with E-state index < -0.39 is 0 Å². The van der Waals surface area contributed by atoms with Crippen LogP contribution in [0.15, 0.2) is 36.4 Å². The number of benzene rings is 2. The van der Waals surface area contributed by atoms with Gasteiger partial charge >= 0.3 is 0 Å². The minimum absolute atomic E-state index is 0.251. The number of para-hydroxylation sites is 1. The van der Waals surface area contributed by atoms with Crippen molar-refractivity contribution < 1.29 is 9.13 Å². The molecule has 5 heteroatoms. The number of halogens is 1. The number of fused-ring (bicyclic) bond motifs is 1. The van der Waals surface area contributed by atoms with Crippen LogP contribution in [-0.2, 0) is 0 Å². The van der Waals surface area contributed by atoms with Crippen LogP contribution in [0, 0.1) is 12.7 Å². The highest BCUT2D eigenvalue weighted by atomic mass is 19.1. The molecule has 0 aliphatic rings. The standard InChI is InChI=1S/C15H14FN3O/c1-9-4-3-5-11(16)14(9)19-13-7-6-10(20-2)8-12(13)18-15(19)17/h3-8H,1-2H3,(H2,17,18). The molecule has 3 aromatic rings. The molecule has 20 heavy (non-hydrogen) atoms. The van der Waals surface area contributed by atoms with Gasteiger partial charge in [0.15, 0.2) is 0 Å². The van der Waals surface area contributed by atoms with E-state index in [0.29, 0.717) is 17.0 Å². The third kappa shape index (κ3) is 1.79.